The van der Waals surface area contributed by atoms with Gasteiger partial charge in [-0.15, -0.1) is 0 Å². The molecule has 0 aliphatic heterocycles. The number of hydrogen-bond donors (Lipinski definition) is 3. The first-order valence-electron chi connectivity index (χ1n) is 3.62. The van der Waals surface area contributed by atoms with Crippen LogP contribution in [0.4, 0.5) is 0 Å². The number of aliphatic hydroxyl groups is 2. The maximum Gasteiger partial charge on any atom is 0.0689 e. The molecule has 0 aromatic rings. The largest absolute Gasteiger partial charge is 0.392 e. The Morgan fingerprint density at radius 2 is 2.10 bits per heavy atom. The van der Waals surface area contributed by atoms with Crippen LogP contribution in [0.5, 0.6) is 0 Å². The van der Waals surface area contributed by atoms with Crippen LogP contribution in [0.25, 0.3) is 0 Å². The second-order valence-electron chi connectivity index (χ2n) is 2.94. The van der Waals surface area contributed by atoms with E-state index in [0.717, 1.165) is 0 Å². The lowest BCUT2D eigenvalue weighted by Crippen LogP contribution is -2.32. The summed E-state index contributed by atoms with van der Waals surface area (Å²) in [6.07, 6.45) is 0.430. The van der Waals surface area contributed by atoms with E-state index in [1.54, 1.807) is 6.92 Å². The van der Waals surface area contributed by atoms with Gasteiger partial charge < -0.3 is 15.9 Å². The Bertz CT molecular complexity index is 93.6. The highest BCUT2D eigenvalue weighted by molar-refractivity contribution is 4.74. The zero-order valence-corrected chi connectivity index (χ0v) is 6.67. The Hall–Kier alpha value is -0.120. The summed E-state index contributed by atoms with van der Waals surface area (Å²) in [5.74, 6) is 0. The summed E-state index contributed by atoms with van der Waals surface area (Å²) in [6.45, 7) is 3.80. The van der Waals surface area contributed by atoms with Crippen LogP contribution < -0.4 is 5.73 Å². The van der Waals surface area contributed by atoms with Crippen molar-refractivity contribution in [1.29, 1.82) is 0 Å². The third-order valence-corrected chi connectivity index (χ3v) is 1.71. The molecule has 0 amide bonds. The highest BCUT2D eigenvalue weighted by atomic mass is 16.3. The maximum absolute atomic E-state index is 9.41. The highest BCUT2D eigenvalue weighted by Gasteiger charge is 2.20. The molecule has 0 saturated heterocycles. The summed E-state index contributed by atoms with van der Waals surface area (Å²) in [5, 5.41) is 18.4. The van der Waals surface area contributed by atoms with Crippen molar-refractivity contribution in [1.82, 2.24) is 0 Å². The molecule has 0 heterocycles. The molecule has 3 heteroatoms. The third-order valence-electron chi connectivity index (χ3n) is 1.71. The average Bonchev–Trinajstić information content (AvgIpc) is 1.87. The minimum absolute atomic E-state index is 0.218. The van der Waals surface area contributed by atoms with E-state index in [0.29, 0.717) is 12.8 Å². The predicted molar refractivity (Wildman–Crippen MR) is 40.6 cm³/mol. The lowest BCUT2D eigenvalue weighted by Gasteiger charge is -2.23. The van der Waals surface area contributed by atoms with E-state index in [9.17, 15) is 5.11 Å². The van der Waals surface area contributed by atoms with Crippen LogP contribution in [0.3, 0.4) is 0 Å². The van der Waals surface area contributed by atoms with Crippen molar-refractivity contribution >= 4 is 0 Å². The van der Waals surface area contributed by atoms with Gasteiger partial charge in [0.15, 0.2) is 0 Å². The second-order valence-corrected chi connectivity index (χ2v) is 2.94. The molecule has 0 rings (SSSR count). The first kappa shape index (κ1) is 9.88. The lowest BCUT2D eigenvalue weighted by atomic mass is 9.96. The van der Waals surface area contributed by atoms with Crippen LogP contribution in [0.1, 0.15) is 26.7 Å². The predicted octanol–water partition coefficient (Wildman–Crippen LogP) is -0.143. The van der Waals surface area contributed by atoms with Gasteiger partial charge in [0.25, 0.3) is 0 Å². The summed E-state index contributed by atoms with van der Waals surface area (Å²) < 4.78 is 0. The molecule has 4 N–H and O–H groups in total. The normalized spacial score (nSPS) is 20.1. The standard InChI is InChI=1S/C7H17NO2/c1-3-7(2,10)4-6(9)5-8/h6,9-10H,3-5,8H2,1-2H3. The average molecular weight is 147 g/mol. The maximum atomic E-state index is 9.41. The van der Waals surface area contributed by atoms with Crippen molar-refractivity contribution in [3.05, 3.63) is 0 Å². The van der Waals surface area contributed by atoms with Gasteiger partial charge in [-0.2, -0.15) is 0 Å². The minimum Gasteiger partial charge on any atom is -0.392 e. The molecule has 10 heavy (non-hydrogen) atoms. The number of hydrogen-bond acceptors (Lipinski definition) is 3. The number of rotatable bonds is 4. The molecule has 62 valence electrons. The summed E-state index contributed by atoms with van der Waals surface area (Å²) in [5.41, 5.74) is 4.41. The molecule has 3 nitrogen and oxygen atoms in total. The third kappa shape index (κ3) is 3.82. The molecule has 0 saturated carbocycles. The van der Waals surface area contributed by atoms with Gasteiger partial charge in [-0.05, 0) is 13.3 Å². The van der Waals surface area contributed by atoms with Gasteiger partial charge in [0.2, 0.25) is 0 Å². The monoisotopic (exact) mass is 147 g/mol. The van der Waals surface area contributed by atoms with E-state index in [1.165, 1.54) is 0 Å². The van der Waals surface area contributed by atoms with Crippen LogP contribution in [-0.4, -0.2) is 28.5 Å². The summed E-state index contributed by atoms with van der Waals surface area (Å²) >= 11 is 0. The van der Waals surface area contributed by atoms with Gasteiger partial charge in [0.05, 0.1) is 11.7 Å². The molecule has 0 spiro atoms. The van der Waals surface area contributed by atoms with Crippen LogP contribution in [0.2, 0.25) is 0 Å². The molecule has 0 aromatic heterocycles. The van der Waals surface area contributed by atoms with Crippen LogP contribution in [0, 0.1) is 0 Å². The Morgan fingerprint density at radius 1 is 1.60 bits per heavy atom. The van der Waals surface area contributed by atoms with E-state index in [2.05, 4.69) is 0 Å². The molecular formula is C7H17NO2. The van der Waals surface area contributed by atoms with E-state index < -0.39 is 11.7 Å². The highest BCUT2D eigenvalue weighted by Crippen LogP contribution is 2.15. The Labute approximate surface area is 61.9 Å². The Morgan fingerprint density at radius 3 is 2.40 bits per heavy atom. The van der Waals surface area contributed by atoms with E-state index >= 15 is 0 Å². The van der Waals surface area contributed by atoms with Crippen molar-refractivity contribution in [3.8, 4) is 0 Å². The molecule has 0 fully saturated rings. The van der Waals surface area contributed by atoms with Gasteiger partial charge in [-0.1, -0.05) is 6.92 Å². The molecule has 2 atom stereocenters. The first-order chi connectivity index (χ1) is 4.52. The Balaban J connectivity index is 3.64. The summed E-state index contributed by atoms with van der Waals surface area (Å²) in [7, 11) is 0. The second kappa shape index (κ2) is 3.91. The topological polar surface area (TPSA) is 66.5 Å². The molecule has 0 bridgehead atoms. The first-order valence-corrected chi connectivity index (χ1v) is 3.62. The van der Waals surface area contributed by atoms with Crippen LogP contribution >= 0.6 is 0 Å². The number of aliphatic hydroxyl groups excluding tert-OH is 1. The minimum atomic E-state index is -0.765. The number of nitrogens with two attached hydrogens (primary N) is 1. The lowest BCUT2D eigenvalue weighted by molar-refractivity contribution is 0.00383. The fourth-order valence-electron chi connectivity index (χ4n) is 0.735. The van der Waals surface area contributed by atoms with E-state index in [4.69, 9.17) is 10.8 Å². The fourth-order valence-corrected chi connectivity index (χ4v) is 0.735. The van der Waals surface area contributed by atoms with Crippen molar-refractivity contribution in [2.24, 2.45) is 5.73 Å². The van der Waals surface area contributed by atoms with Crippen molar-refractivity contribution in [2.45, 2.75) is 38.4 Å². The fraction of sp³-hybridized carbons (Fsp3) is 1.00. The molecular weight excluding hydrogens is 130 g/mol. The van der Waals surface area contributed by atoms with Crippen LogP contribution in [0.15, 0.2) is 0 Å². The molecule has 0 aliphatic carbocycles. The summed E-state index contributed by atoms with van der Waals surface area (Å²) in [6, 6.07) is 0. The van der Waals surface area contributed by atoms with E-state index in [-0.39, 0.29) is 6.54 Å². The SMILES string of the molecule is CCC(C)(O)CC(O)CN. The molecule has 2 unspecified atom stereocenters. The van der Waals surface area contributed by atoms with Crippen molar-refractivity contribution < 1.29 is 10.2 Å². The Kier molecular flexibility index (Phi) is 3.86. The molecule has 0 aliphatic rings. The smallest absolute Gasteiger partial charge is 0.0689 e. The van der Waals surface area contributed by atoms with Crippen molar-refractivity contribution in [2.75, 3.05) is 6.54 Å². The van der Waals surface area contributed by atoms with Crippen LogP contribution in [-0.2, 0) is 0 Å². The summed E-state index contributed by atoms with van der Waals surface area (Å²) in [4.78, 5) is 0. The molecule has 0 aromatic carbocycles. The van der Waals surface area contributed by atoms with E-state index in [1.807, 2.05) is 6.92 Å². The molecule has 0 radical (unpaired) electrons. The van der Waals surface area contributed by atoms with Gasteiger partial charge in [0, 0.05) is 13.0 Å². The van der Waals surface area contributed by atoms with Gasteiger partial charge >= 0.3 is 0 Å². The quantitative estimate of drug-likeness (QED) is 0.518. The van der Waals surface area contributed by atoms with Gasteiger partial charge in [-0.25, -0.2) is 0 Å². The zero-order valence-electron chi connectivity index (χ0n) is 6.67. The van der Waals surface area contributed by atoms with Gasteiger partial charge in [0.1, 0.15) is 0 Å². The van der Waals surface area contributed by atoms with Crippen molar-refractivity contribution in [3.63, 3.8) is 0 Å². The zero-order chi connectivity index (χ0) is 8.20. The van der Waals surface area contributed by atoms with Gasteiger partial charge in [-0.3, -0.25) is 0 Å².